The van der Waals surface area contributed by atoms with E-state index < -0.39 is 6.04 Å². The van der Waals surface area contributed by atoms with Gasteiger partial charge in [0.15, 0.2) is 0 Å². The van der Waals surface area contributed by atoms with Gasteiger partial charge in [0.2, 0.25) is 11.8 Å². The minimum atomic E-state index is -0.605. The van der Waals surface area contributed by atoms with Crippen LogP contribution >= 0.6 is 0 Å². The zero-order valence-electron chi connectivity index (χ0n) is 22.5. The number of carbonyl (C=O) groups is 2. The van der Waals surface area contributed by atoms with Gasteiger partial charge < -0.3 is 19.9 Å². The van der Waals surface area contributed by atoms with Gasteiger partial charge in [-0.3, -0.25) is 9.59 Å². The van der Waals surface area contributed by atoms with Gasteiger partial charge in [0, 0.05) is 32.0 Å². The maximum Gasteiger partial charge on any atom is 0.247 e. The normalized spacial score (nSPS) is 15.4. The van der Waals surface area contributed by atoms with Crippen molar-refractivity contribution < 1.29 is 14.3 Å². The number of rotatable bonds is 10. The van der Waals surface area contributed by atoms with Gasteiger partial charge in [-0.05, 0) is 72.7 Å². The molecular formula is C32H37N3O3. The highest BCUT2D eigenvalue weighted by molar-refractivity contribution is 5.97. The van der Waals surface area contributed by atoms with Crippen molar-refractivity contribution >= 4 is 23.2 Å². The second-order valence-electron chi connectivity index (χ2n) is 9.95. The molecule has 2 unspecified atom stereocenters. The van der Waals surface area contributed by atoms with E-state index in [9.17, 15) is 9.59 Å². The molecule has 2 amide bonds. The Morgan fingerprint density at radius 2 is 1.63 bits per heavy atom. The summed E-state index contributed by atoms with van der Waals surface area (Å²) in [5, 5.41) is 3.11. The Balaban J connectivity index is 1.66. The molecule has 0 spiro atoms. The molecule has 3 aromatic rings. The summed E-state index contributed by atoms with van der Waals surface area (Å²) in [7, 11) is 5.60. The van der Waals surface area contributed by atoms with Crippen LogP contribution in [0, 0.1) is 5.92 Å². The molecule has 0 radical (unpaired) electrons. The lowest BCUT2D eigenvalue weighted by Gasteiger charge is -2.37. The molecule has 1 aliphatic carbocycles. The highest BCUT2D eigenvalue weighted by Crippen LogP contribution is 2.29. The summed E-state index contributed by atoms with van der Waals surface area (Å²) in [6.07, 6.45) is 7.04. The number of hydrogen-bond donors (Lipinski definition) is 1. The zero-order valence-corrected chi connectivity index (χ0v) is 22.5. The van der Waals surface area contributed by atoms with Gasteiger partial charge >= 0.3 is 0 Å². The summed E-state index contributed by atoms with van der Waals surface area (Å²) in [5.41, 5.74) is 3.65. The Morgan fingerprint density at radius 3 is 2.24 bits per heavy atom. The number of hydrogen-bond acceptors (Lipinski definition) is 4. The van der Waals surface area contributed by atoms with Crippen LogP contribution < -0.4 is 15.0 Å². The third-order valence-electron chi connectivity index (χ3n) is 7.04. The molecule has 4 rings (SSSR count). The number of anilines is 2. The van der Waals surface area contributed by atoms with Crippen molar-refractivity contribution in [2.45, 2.75) is 38.3 Å². The van der Waals surface area contributed by atoms with Gasteiger partial charge in [-0.25, -0.2) is 0 Å². The van der Waals surface area contributed by atoms with Crippen LogP contribution in [0.3, 0.4) is 0 Å². The number of benzene rings is 3. The maximum absolute atomic E-state index is 14.0. The van der Waals surface area contributed by atoms with Gasteiger partial charge in [0.1, 0.15) is 11.8 Å². The molecule has 198 valence electrons. The molecule has 0 aliphatic heterocycles. The van der Waals surface area contributed by atoms with Gasteiger partial charge in [-0.2, -0.15) is 0 Å². The maximum atomic E-state index is 14.0. The van der Waals surface area contributed by atoms with E-state index in [0.717, 1.165) is 47.5 Å². The Morgan fingerprint density at radius 1 is 0.921 bits per heavy atom. The first kappa shape index (κ1) is 27.0. The molecule has 0 aromatic heterocycles. The summed E-state index contributed by atoms with van der Waals surface area (Å²) in [6, 6.07) is 24.6. The zero-order chi connectivity index (χ0) is 26.9. The Kier molecular flexibility index (Phi) is 9.20. The van der Waals surface area contributed by atoms with E-state index in [1.54, 1.807) is 12.0 Å². The molecule has 1 N–H and O–H groups in total. The standard InChI is InChI=1S/C32H37N3O3/c1-34(2)28-18-16-27(17-19-28)33-32(37)31(26-12-8-5-9-13-26)35(23-25-14-20-29(38-3)21-15-25)30(36)22-24-10-6-4-7-11-24/h4-8,10-11,14-21,26,31H,9,12-13,22-23H2,1-3H3,(H,33,37). The van der Waals surface area contributed by atoms with Crippen molar-refractivity contribution in [1.29, 1.82) is 0 Å². The van der Waals surface area contributed by atoms with Crippen LogP contribution in [0.15, 0.2) is 91.0 Å². The van der Waals surface area contributed by atoms with Gasteiger partial charge in [0.05, 0.1) is 13.5 Å². The minimum Gasteiger partial charge on any atom is -0.497 e. The van der Waals surface area contributed by atoms with Gasteiger partial charge in [-0.1, -0.05) is 54.6 Å². The molecule has 38 heavy (non-hydrogen) atoms. The molecule has 6 heteroatoms. The smallest absolute Gasteiger partial charge is 0.247 e. The number of amides is 2. The van der Waals surface area contributed by atoms with Crippen LogP contribution in [0.2, 0.25) is 0 Å². The van der Waals surface area contributed by atoms with E-state index in [4.69, 9.17) is 4.74 Å². The average molecular weight is 512 g/mol. The molecule has 0 bridgehead atoms. The quantitative estimate of drug-likeness (QED) is 0.355. The van der Waals surface area contributed by atoms with E-state index in [1.807, 2.05) is 97.9 Å². The fraction of sp³-hybridized carbons (Fsp3) is 0.312. The second-order valence-corrected chi connectivity index (χ2v) is 9.95. The number of allylic oxidation sites excluding steroid dienone is 2. The SMILES string of the molecule is COc1ccc(CN(C(=O)Cc2ccccc2)C(C(=O)Nc2ccc(N(C)C)cc2)C2CC=CCC2)cc1. The topological polar surface area (TPSA) is 61.9 Å². The van der Waals surface area contributed by atoms with Crippen molar-refractivity contribution in [3.05, 3.63) is 102 Å². The van der Waals surface area contributed by atoms with E-state index in [0.29, 0.717) is 6.54 Å². The Labute approximate surface area is 225 Å². The number of methoxy groups -OCH3 is 1. The molecule has 0 heterocycles. The first-order valence-electron chi connectivity index (χ1n) is 13.1. The summed E-state index contributed by atoms with van der Waals surface area (Å²) >= 11 is 0. The van der Waals surface area contributed by atoms with Crippen molar-refractivity contribution in [3.63, 3.8) is 0 Å². The first-order valence-corrected chi connectivity index (χ1v) is 13.1. The Bertz CT molecular complexity index is 1220. The fourth-order valence-electron chi connectivity index (χ4n) is 4.91. The van der Waals surface area contributed by atoms with Crippen LogP contribution in [0.25, 0.3) is 0 Å². The molecule has 0 saturated carbocycles. The minimum absolute atomic E-state index is 0.0269. The first-order chi connectivity index (χ1) is 18.4. The average Bonchev–Trinajstić information content (AvgIpc) is 2.94. The van der Waals surface area contributed by atoms with E-state index in [-0.39, 0.29) is 24.2 Å². The number of nitrogens with one attached hydrogen (secondary N) is 1. The lowest BCUT2D eigenvalue weighted by atomic mass is 9.85. The van der Waals surface area contributed by atoms with Crippen LogP contribution in [0.1, 0.15) is 30.4 Å². The molecule has 0 fully saturated rings. The predicted molar refractivity (Wildman–Crippen MR) is 153 cm³/mol. The Hall–Kier alpha value is -4.06. The monoisotopic (exact) mass is 511 g/mol. The van der Waals surface area contributed by atoms with Crippen molar-refractivity contribution in [3.8, 4) is 5.75 Å². The van der Waals surface area contributed by atoms with Crippen molar-refractivity contribution in [2.24, 2.45) is 5.92 Å². The van der Waals surface area contributed by atoms with E-state index >= 15 is 0 Å². The van der Waals surface area contributed by atoms with Crippen LogP contribution in [-0.2, 0) is 22.6 Å². The lowest BCUT2D eigenvalue weighted by molar-refractivity contribution is -0.141. The number of nitrogens with zero attached hydrogens (tertiary/aromatic N) is 2. The highest BCUT2D eigenvalue weighted by atomic mass is 16.5. The van der Waals surface area contributed by atoms with Crippen molar-refractivity contribution in [2.75, 3.05) is 31.4 Å². The van der Waals surface area contributed by atoms with E-state index in [1.165, 1.54) is 0 Å². The molecule has 3 aromatic carbocycles. The van der Waals surface area contributed by atoms with Crippen molar-refractivity contribution in [1.82, 2.24) is 4.90 Å². The summed E-state index contributed by atoms with van der Waals surface area (Å²) in [5.74, 6) is 0.560. The predicted octanol–water partition coefficient (Wildman–Crippen LogP) is 5.70. The largest absolute Gasteiger partial charge is 0.497 e. The lowest BCUT2D eigenvalue weighted by Crippen LogP contribution is -2.51. The number of carbonyl (C=O) groups excluding carboxylic acids is 2. The van der Waals surface area contributed by atoms with Crippen LogP contribution in [0.4, 0.5) is 11.4 Å². The van der Waals surface area contributed by atoms with Gasteiger partial charge in [-0.15, -0.1) is 0 Å². The molecule has 6 nitrogen and oxygen atoms in total. The van der Waals surface area contributed by atoms with E-state index in [2.05, 4.69) is 17.5 Å². The fourth-order valence-corrected chi connectivity index (χ4v) is 4.91. The molecular weight excluding hydrogens is 474 g/mol. The molecule has 2 atom stereocenters. The summed E-state index contributed by atoms with van der Waals surface area (Å²) in [4.78, 5) is 31.7. The van der Waals surface area contributed by atoms with Crippen LogP contribution in [-0.4, -0.2) is 44.0 Å². The molecule has 1 aliphatic rings. The van der Waals surface area contributed by atoms with Gasteiger partial charge in [0.25, 0.3) is 0 Å². The summed E-state index contributed by atoms with van der Waals surface area (Å²) in [6.45, 7) is 0.341. The third kappa shape index (κ3) is 7.03. The highest BCUT2D eigenvalue weighted by Gasteiger charge is 2.36. The third-order valence-corrected chi connectivity index (χ3v) is 7.04. The summed E-state index contributed by atoms with van der Waals surface area (Å²) < 4.78 is 5.32. The number of ether oxygens (including phenoxy) is 1. The second kappa shape index (κ2) is 13.0. The van der Waals surface area contributed by atoms with Crippen LogP contribution in [0.5, 0.6) is 5.75 Å². The molecule has 0 saturated heterocycles.